The second-order valence-corrected chi connectivity index (χ2v) is 5.74. The lowest BCUT2D eigenvalue weighted by Gasteiger charge is -2.21. The summed E-state index contributed by atoms with van der Waals surface area (Å²) in [7, 11) is 1.74. The summed E-state index contributed by atoms with van der Waals surface area (Å²) in [5.74, 6) is 0.955. The van der Waals surface area contributed by atoms with Crippen LogP contribution in [0.4, 0.5) is 0 Å². The number of hydrogen-bond acceptors (Lipinski definition) is 3. The van der Waals surface area contributed by atoms with E-state index in [1.54, 1.807) is 7.11 Å². The predicted molar refractivity (Wildman–Crippen MR) is 86.8 cm³/mol. The van der Waals surface area contributed by atoms with Crippen molar-refractivity contribution < 1.29 is 4.74 Å². The zero-order valence-electron chi connectivity index (χ0n) is 12.5. The van der Waals surface area contributed by atoms with Crippen LogP contribution >= 0.6 is 11.3 Å². The fraction of sp³-hybridized carbons (Fsp3) is 0.412. The fourth-order valence-electron chi connectivity index (χ4n) is 2.43. The molecule has 0 amide bonds. The van der Waals surface area contributed by atoms with E-state index in [0.717, 1.165) is 25.1 Å². The van der Waals surface area contributed by atoms with Crippen molar-refractivity contribution in [2.45, 2.75) is 32.7 Å². The van der Waals surface area contributed by atoms with E-state index >= 15 is 0 Å². The molecule has 0 aliphatic heterocycles. The molecule has 2 rings (SSSR count). The Bertz CT molecular complexity index is 535. The molecule has 3 heteroatoms. The molecular formula is C17H23NOS. The SMILES string of the molecule is CCCNC(c1ccccc1OC)c1sccc1CC. The molecule has 0 aliphatic carbocycles. The molecule has 2 aromatic rings. The molecule has 1 aromatic heterocycles. The average Bonchev–Trinajstić information content (AvgIpc) is 2.96. The lowest BCUT2D eigenvalue weighted by Crippen LogP contribution is -2.23. The Balaban J connectivity index is 2.41. The number of nitrogens with one attached hydrogen (secondary N) is 1. The van der Waals surface area contributed by atoms with Crippen molar-refractivity contribution in [1.29, 1.82) is 0 Å². The molecule has 1 aromatic carbocycles. The van der Waals surface area contributed by atoms with Gasteiger partial charge in [-0.25, -0.2) is 0 Å². The molecule has 0 spiro atoms. The Morgan fingerprint density at radius 2 is 2.00 bits per heavy atom. The Hall–Kier alpha value is -1.32. The predicted octanol–water partition coefficient (Wildman–Crippen LogP) is 4.41. The summed E-state index contributed by atoms with van der Waals surface area (Å²) in [6.45, 7) is 5.41. The number of methoxy groups -OCH3 is 1. The molecule has 2 nitrogen and oxygen atoms in total. The second-order valence-electron chi connectivity index (χ2n) is 4.79. The van der Waals surface area contributed by atoms with Gasteiger partial charge >= 0.3 is 0 Å². The van der Waals surface area contributed by atoms with E-state index in [9.17, 15) is 0 Å². The first-order valence-corrected chi connectivity index (χ1v) is 8.12. The van der Waals surface area contributed by atoms with E-state index in [-0.39, 0.29) is 6.04 Å². The molecule has 108 valence electrons. The smallest absolute Gasteiger partial charge is 0.124 e. The van der Waals surface area contributed by atoms with Gasteiger partial charge in [-0.15, -0.1) is 11.3 Å². The highest BCUT2D eigenvalue weighted by atomic mass is 32.1. The van der Waals surface area contributed by atoms with Crippen molar-refractivity contribution in [3.63, 3.8) is 0 Å². The van der Waals surface area contributed by atoms with Crippen LogP contribution in [-0.2, 0) is 6.42 Å². The molecule has 1 unspecified atom stereocenters. The van der Waals surface area contributed by atoms with E-state index in [1.807, 2.05) is 23.5 Å². The molecule has 0 bridgehead atoms. The van der Waals surface area contributed by atoms with Gasteiger partial charge in [-0.2, -0.15) is 0 Å². The zero-order chi connectivity index (χ0) is 14.4. The minimum absolute atomic E-state index is 0.223. The maximum atomic E-state index is 5.54. The zero-order valence-corrected chi connectivity index (χ0v) is 13.3. The maximum Gasteiger partial charge on any atom is 0.124 e. The summed E-state index contributed by atoms with van der Waals surface area (Å²) in [4.78, 5) is 1.41. The molecule has 0 aliphatic rings. The van der Waals surface area contributed by atoms with E-state index in [2.05, 4.69) is 42.7 Å². The van der Waals surface area contributed by atoms with Crippen molar-refractivity contribution in [3.05, 3.63) is 51.7 Å². The van der Waals surface area contributed by atoms with Crippen LogP contribution in [0.5, 0.6) is 5.75 Å². The maximum absolute atomic E-state index is 5.54. The van der Waals surface area contributed by atoms with Crippen LogP contribution in [0.3, 0.4) is 0 Å². The highest BCUT2D eigenvalue weighted by Crippen LogP contribution is 2.34. The summed E-state index contributed by atoms with van der Waals surface area (Å²) in [5, 5.41) is 5.85. The first-order valence-electron chi connectivity index (χ1n) is 7.24. The van der Waals surface area contributed by atoms with Gasteiger partial charge in [0.05, 0.1) is 13.2 Å². The minimum Gasteiger partial charge on any atom is -0.496 e. The average molecular weight is 289 g/mol. The monoisotopic (exact) mass is 289 g/mol. The van der Waals surface area contributed by atoms with Crippen LogP contribution in [-0.4, -0.2) is 13.7 Å². The van der Waals surface area contributed by atoms with Crippen LogP contribution in [0, 0.1) is 0 Å². The molecule has 0 saturated heterocycles. The van der Waals surface area contributed by atoms with Crippen LogP contribution in [0.2, 0.25) is 0 Å². The highest BCUT2D eigenvalue weighted by Gasteiger charge is 2.20. The largest absolute Gasteiger partial charge is 0.496 e. The normalized spacial score (nSPS) is 12.3. The third kappa shape index (κ3) is 3.22. The standard InChI is InChI=1S/C17H23NOS/c1-4-11-18-16(17-13(5-2)10-12-20-17)14-8-6-7-9-15(14)19-3/h6-10,12,16,18H,4-5,11H2,1-3H3. The summed E-state index contributed by atoms with van der Waals surface area (Å²) in [6.07, 6.45) is 2.19. The summed E-state index contributed by atoms with van der Waals surface area (Å²) in [6, 6.07) is 10.8. The molecular weight excluding hydrogens is 266 g/mol. The summed E-state index contributed by atoms with van der Waals surface area (Å²) in [5.41, 5.74) is 2.65. The molecule has 1 atom stereocenters. The van der Waals surface area contributed by atoms with Gasteiger partial charge in [0.2, 0.25) is 0 Å². The highest BCUT2D eigenvalue weighted by molar-refractivity contribution is 7.10. The van der Waals surface area contributed by atoms with Crippen molar-refractivity contribution in [2.75, 3.05) is 13.7 Å². The number of thiophene rings is 1. The Labute approximate surface area is 125 Å². The van der Waals surface area contributed by atoms with Crippen LogP contribution in [0.15, 0.2) is 35.7 Å². The lowest BCUT2D eigenvalue weighted by atomic mass is 10.0. The van der Waals surface area contributed by atoms with E-state index in [0.29, 0.717) is 0 Å². The molecule has 0 saturated carbocycles. The lowest BCUT2D eigenvalue weighted by molar-refractivity contribution is 0.404. The number of benzene rings is 1. The topological polar surface area (TPSA) is 21.3 Å². The quantitative estimate of drug-likeness (QED) is 0.815. The minimum atomic E-state index is 0.223. The number of rotatable bonds is 7. The Morgan fingerprint density at radius 3 is 2.70 bits per heavy atom. The van der Waals surface area contributed by atoms with Crippen LogP contribution in [0.1, 0.15) is 42.3 Å². The number of aryl methyl sites for hydroxylation is 1. The molecule has 20 heavy (non-hydrogen) atoms. The Morgan fingerprint density at radius 1 is 1.20 bits per heavy atom. The molecule has 1 N–H and O–H groups in total. The van der Waals surface area contributed by atoms with E-state index < -0.39 is 0 Å². The van der Waals surface area contributed by atoms with Gasteiger partial charge < -0.3 is 10.1 Å². The van der Waals surface area contributed by atoms with E-state index in [4.69, 9.17) is 4.74 Å². The second kappa shape index (κ2) is 7.46. The first kappa shape index (κ1) is 15.1. The van der Waals surface area contributed by atoms with Crippen molar-refractivity contribution >= 4 is 11.3 Å². The van der Waals surface area contributed by atoms with Crippen molar-refractivity contribution in [2.24, 2.45) is 0 Å². The van der Waals surface area contributed by atoms with Crippen molar-refractivity contribution in [1.82, 2.24) is 5.32 Å². The third-order valence-corrected chi connectivity index (χ3v) is 4.50. The number of hydrogen-bond donors (Lipinski definition) is 1. The number of para-hydroxylation sites is 1. The first-order chi connectivity index (χ1) is 9.81. The Kier molecular flexibility index (Phi) is 5.62. The van der Waals surface area contributed by atoms with Gasteiger partial charge in [-0.1, -0.05) is 32.0 Å². The van der Waals surface area contributed by atoms with Gasteiger partial charge in [0, 0.05) is 10.4 Å². The third-order valence-electron chi connectivity index (χ3n) is 3.47. The molecule has 0 fully saturated rings. The van der Waals surface area contributed by atoms with Gasteiger partial charge in [0.25, 0.3) is 0 Å². The van der Waals surface area contributed by atoms with Gasteiger partial charge in [-0.05, 0) is 42.5 Å². The van der Waals surface area contributed by atoms with E-state index in [1.165, 1.54) is 16.0 Å². The van der Waals surface area contributed by atoms with Gasteiger partial charge in [-0.3, -0.25) is 0 Å². The van der Waals surface area contributed by atoms with Crippen molar-refractivity contribution in [3.8, 4) is 5.75 Å². The van der Waals surface area contributed by atoms with Gasteiger partial charge in [0.15, 0.2) is 0 Å². The summed E-state index contributed by atoms with van der Waals surface area (Å²) < 4.78 is 5.54. The molecule has 0 radical (unpaired) electrons. The molecule has 1 heterocycles. The number of ether oxygens (including phenoxy) is 1. The van der Waals surface area contributed by atoms with Crippen LogP contribution in [0.25, 0.3) is 0 Å². The fourth-order valence-corrected chi connectivity index (χ4v) is 3.52. The van der Waals surface area contributed by atoms with Gasteiger partial charge in [0.1, 0.15) is 5.75 Å². The van der Waals surface area contributed by atoms with Crippen LogP contribution < -0.4 is 10.1 Å². The summed E-state index contributed by atoms with van der Waals surface area (Å²) >= 11 is 1.83.